The molecule has 0 bridgehead atoms. The molecule has 0 atom stereocenters. The molecular formula is C48H32N6. The summed E-state index contributed by atoms with van der Waals surface area (Å²) in [5.74, 6) is 2.44. The van der Waals surface area contributed by atoms with Gasteiger partial charge in [0.25, 0.3) is 0 Å². The second kappa shape index (κ2) is 12.3. The van der Waals surface area contributed by atoms with E-state index in [-0.39, 0.29) is 0 Å². The van der Waals surface area contributed by atoms with Crippen LogP contribution in [0.1, 0.15) is 24.3 Å². The van der Waals surface area contributed by atoms with E-state index in [1.807, 2.05) is 30.5 Å². The van der Waals surface area contributed by atoms with Gasteiger partial charge in [0.1, 0.15) is 0 Å². The summed E-state index contributed by atoms with van der Waals surface area (Å²) in [5, 5.41) is 1.97. The fourth-order valence-electron chi connectivity index (χ4n) is 7.83. The first-order valence-corrected chi connectivity index (χ1v) is 18.4. The lowest BCUT2D eigenvalue weighted by Gasteiger charge is -2.31. The van der Waals surface area contributed by atoms with Gasteiger partial charge in [-0.1, -0.05) is 121 Å². The highest BCUT2D eigenvalue weighted by Gasteiger charge is 2.31. The number of hydrogen-bond acceptors (Lipinski definition) is 6. The molecule has 0 radical (unpaired) electrons. The Morgan fingerprint density at radius 2 is 1.15 bits per heavy atom. The molecule has 2 aliphatic rings. The zero-order chi connectivity index (χ0) is 35.6. The molecule has 0 saturated heterocycles. The van der Waals surface area contributed by atoms with Gasteiger partial charge in [-0.3, -0.25) is 9.88 Å². The van der Waals surface area contributed by atoms with Crippen molar-refractivity contribution < 1.29 is 0 Å². The van der Waals surface area contributed by atoms with Gasteiger partial charge in [0.05, 0.1) is 33.5 Å². The number of anilines is 3. The predicted molar refractivity (Wildman–Crippen MR) is 218 cm³/mol. The number of nitrogens with zero attached hydrogens (tertiary/aromatic N) is 6. The average Bonchev–Trinajstić information content (AvgIpc) is 4.11. The van der Waals surface area contributed by atoms with Crippen LogP contribution in [0.3, 0.4) is 0 Å². The summed E-state index contributed by atoms with van der Waals surface area (Å²) in [6.45, 7) is 0. The van der Waals surface area contributed by atoms with Crippen molar-refractivity contribution in [3.05, 3.63) is 169 Å². The van der Waals surface area contributed by atoms with Crippen LogP contribution in [0.4, 0.5) is 17.3 Å². The SMILES string of the molecule is c1ccc(-c2cccc(-c3ccc4nc5c6c(ccnc6c4c3)N(c3nc(-c4ccccc4)nc(-c4cccc(C6CC6)c4)n3)c3ccccc3-5)c2)cc1. The van der Waals surface area contributed by atoms with E-state index < -0.39 is 0 Å². The predicted octanol–water partition coefficient (Wildman–Crippen LogP) is 12.0. The van der Waals surface area contributed by atoms with Gasteiger partial charge in [-0.05, 0) is 83.0 Å². The largest absolute Gasteiger partial charge is 0.278 e. The van der Waals surface area contributed by atoms with E-state index in [9.17, 15) is 0 Å². The molecule has 54 heavy (non-hydrogen) atoms. The van der Waals surface area contributed by atoms with Crippen LogP contribution in [-0.2, 0) is 0 Å². The summed E-state index contributed by atoms with van der Waals surface area (Å²) in [5.41, 5.74) is 13.5. The van der Waals surface area contributed by atoms with Gasteiger partial charge in [-0.15, -0.1) is 0 Å². The molecule has 6 nitrogen and oxygen atoms in total. The van der Waals surface area contributed by atoms with Gasteiger partial charge in [-0.2, -0.15) is 9.97 Å². The zero-order valence-electron chi connectivity index (χ0n) is 29.3. The molecule has 0 N–H and O–H groups in total. The Hall–Kier alpha value is -7.05. The van der Waals surface area contributed by atoms with E-state index in [0.29, 0.717) is 23.5 Å². The van der Waals surface area contributed by atoms with Crippen LogP contribution >= 0.6 is 0 Å². The first-order valence-electron chi connectivity index (χ1n) is 18.4. The molecule has 254 valence electrons. The summed E-state index contributed by atoms with van der Waals surface area (Å²) < 4.78 is 0. The number of aromatic nitrogens is 5. The average molecular weight is 693 g/mol. The number of rotatable bonds is 6. The van der Waals surface area contributed by atoms with Crippen LogP contribution in [0.2, 0.25) is 0 Å². The van der Waals surface area contributed by atoms with E-state index >= 15 is 0 Å². The van der Waals surface area contributed by atoms with Gasteiger partial charge in [-0.25, -0.2) is 9.97 Å². The summed E-state index contributed by atoms with van der Waals surface area (Å²) >= 11 is 0. The Morgan fingerprint density at radius 1 is 0.481 bits per heavy atom. The maximum atomic E-state index is 5.35. The Morgan fingerprint density at radius 3 is 1.96 bits per heavy atom. The molecule has 1 aliphatic carbocycles. The lowest BCUT2D eigenvalue weighted by molar-refractivity contribution is 1.02. The van der Waals surface area contributed by atoms with Crippen molar-refractivity contribution in [1.82, 2.24) is 24.9 Å². The van der Waals surface area contributed by atoms with Crippen molar-refractivity contribution in [2.45, 2.75) is 18.8 Å². The smallest absolute Gasteiger partial charge is 0.238 e. The van der Waals surface area contributed by atoms with E-state index in [4.69, 9.17) is 24.9 Å². The number of benzene rings is 6. The summed E-state index contributed by atoms with van der Waals surface area (Å²) in [7, 11) is 0. The lowest BCUT2D eigenvalue weighted by Crippen LogP contribution is -2.19. The standard InChI is InChI=1S/C48H32N6/c1-3-11-30(12-4-1)33-15-9-17-35(27-33)36-23-24-40-39(29-36)44-43-42(25-26-49-44)54(41-20-8-7-19-38(41)45(43)50-40)48-52-46(32-13-5-2-6-14-32)51-47(53-48)37-18-10-16-34(28-37)31-21-22-31/h1-20,23-29,31H,21-22H2. The van der Waals surface area contributed by atoms with Crippen LogP contribution in [-0.4, -0.2) is 24.9 Å². The van der Waals surface area contributed by atoms with Crippen molar-refractivity contribution in [2.24, 2.45) is 0 Å². The molecule has 3 aromatic heterocycles. The van der Waals surface area contributed by atoms with Gasteiger partial charge < -0.3 is 0 Å². The quantitative estimate of drug-likeness (QED) is 0.162. The fourth-order valence-corrected chi connectivity index (χ4v) is 7.83. The Balaban J connectivity index is 1.12. The molecule has 11 rings (SSSR count). The number of para-hydroxylation sites is 1. The molecule has 9 aromatic rings. The summed E-state index contributed by atoms with van der Waals surface area (Å²) in [6, 6.07) is 55.0. The highest BCUT2D eigenvalue weighted by molar-refractivity contribution is 6.18. The van der Waals surface area contributed by atoms with Crippen molar-refractivity contribution in [1.29, 1.82) is 0 Å². The number of hydrogen-bond donors (Lipinski definition) is 0. The Kier molecular flexibility index (Phi) is 6.95. The highest BCUT2D eigenvalue weighted by atomic mass is 15.3. The van der Waals surface area contributed by atoms with Crippen molar-refractivity contribution in [3.8, 4) is 56.3 Å². The molecule has 6 heteroatoms. The van der Waals surface area contributed by atoms with Crippen LogP contribution < -0.4 is 4.90 Å². The third-order valence-corrected chi connectivity index (χ3v) is 10.6. The third-order valence-electron chi connectivity index (χ3n) is 10.6. The summed E-state index contributed by atoms with van der Waals surface area (Å²) in [6.07, 6.45) is 4.35. The zero-order valence-corrected chi connectivity index (χ0v) is 29.3. The van der Waals surface area contributed by atoms with Crippen molar-refractivity contribution in [3.63, 3.8) is 0 Å². The number of fused-ring (bicyclic) bond motifs is 4. The minimum Gasteiger partial charge on any atom is -0.278 e. The van der Waals surface area contributed by atoms with E-state index in [2.05, 4.69) is 138 Å². The second-order valence-corrected chi connectivity index (χ2v) is 14.1. The minimum absolute atomic E-state index is 0.549. The van der Waals surface area contributed by atoms with Crippen molar-refractivity contribution in [2.75, 3.05) is 4.90 Å². The lowest BCUT2D eigenvalue weighted by atomic mass is 9.94. The Bertz CT molecular complexity index is 2900. The second-order valence-electron chi connectivity index (χ2n) is 14.1. The molecule has 4 heterocycles. The summed E-state index contributed by atoms with van der Waals surface area (Å²) in [4.78, 5) is 28.1. The third kappa shape index (κ3) is 5.14. The monoisotopic (exact) mass is 692 g/mol. The van der Waals surface area contributed by atoms with Crippen molar-refractivity contribution >= 4 is 39.1 Å². The van der Waals surface area contributed by atoms with Crippen LogP contribution in [0.5, 0.6) is 0 Å². The first kappa shape index (κ1) is 30.6. The van der Waals surface area contributed by atoms with E-state index in [1.54, 1.807) is 0 Å². The van der Waals surface area contributed by atoms with E-state index in [1.165, 1.54) is 29.5 Å². The minimum atomic E-state index is 0.549. The molecule has 6 aromatic carbocycles. The topological polar surface area (TPSA) is 67.7 Å². The van der Waals surface area contributed by atoms with Gasteiger partial charge in [0.2, 0.25) is 5.95 Å². The maximum Gasteiger partial charge on any atom is 0.238 e. The normalized spacial score (nSPS) is 13.3. The first-order chi connectivity index (χ1) is 26.7. The molecule has 0 amide bonds. The van der Waals surface area contributed by atoms with Crippen LogP contribution in [0, 0.1) is 0 Å². The molecule has 0 spiro atoms. The highest BCUT2D eigenvalue weighted by Crippen LogP contribution is 2.50. The molecule has 1 saturated carbocycles. The molecule has 0 unspecified atom stereocenters. The van der Waals surface area contributed by atoms with Gasteiger partial charge in [0.15, 0.2) is 11.6 Å². The Labute approximate surface area is 312 Å². The van der Waals surface area contributed by atoms with Crippen LogP contribution in [0.15, 0.2) is 164 Å². The fraction of sp³-hybridized carbons (Fsp3) is 0.0625. The van der Waals surface area contributed by atoms with Crippen LogP contribution in [0.25, 0.3) is 78.1 Å². The van der Waals surface area contributed by atoms with Gasteiger partial charge >= 0.3 is 0 Å². The molecular weight excluding hydrogens is 661 g/mol. The number of pyridine rings is 2. The van der Waals surface area contributed by atoms with Gasteiger partial charge in [0, 0.05) is 28.3 Å². The molecule has 1 fully saturated rings. The van der Waals surface area contributed by atoms with E-state index in [0.717, 1.165) is 66.7 Å². The maximum absolute atomic E-state index is 5.35. The molecule has 1 aliphatic heterocycles.